The normalized spacial score (nSPS) is 11.4. The fourth-order valence-electron chi connectivity index (χ4n) is 1.38. The smallest absolute Gasteiger partial charge is 0.137 e. The van der Waals surface area contributed by atoms with Crippen molar-refractivity contribution in [1.29, 1.82) is 0 Å². The molecule has 0 bridgehead atoms. The van der Waals surface area contributed by atoms with Gasteiger partial charge in [0.1, 0.15) is 5.78 Å². The van der Waals surface area contributed by atoms with Gasteiger partial charge >= 0.3 is 0 Å². The molecular weight excluding hydrogens is 216 g/mol. The first-order chi connectivity index (χ1) is 8.04. The highest BCUT2D eigenvalue weighted by atomic mass is 16.5. The lowest BCUT2D eigenvalue weighted by Crippen LogP contribution is -2.12. The van der Waals surface area contributed by atoms with E-state index in [-0.39, 0.29) is 11.7 Å². The molecule has 0 aromatic heterocycles. The third-order valence-electron chi connectivity index (χ3n) is 2.58. The van der Waals surface area contributed by atoms with Crippen LogP contribution >= 0.6 is 0 Å². The van der Waals surface area contributed by atoms with Crippen LogP contribution in [0.1, 0.15) is 47.0 Å². The number of hydrogen-bond donors (Lipinski definition) is 0. The first-order valence-corrected chi connectivity index (χ1v) is 6.72. The predicted molar refractivity (Wildman–Crippen MR) is 70.2 cm³/mol. The van der Waals surface area contributed by atoms with Gasteiger partial charge in [-0.2, -0.15) is 0 Å². The van der Waals surface area contributed by atoms with Crippen molar-refractivity contribution >= 4 is 5.78 Å². The Kier molecular flexibility index (Phi) is 10.5. The highest BCUT2D eigenvalue weighted by molar-refractivity contribution is 5.80. The lowest BCUT2D eigenvalue weighted by Gasteiger charge is -2.07. The van der Waals surface area contributed by atoms with Crippen molar-refractivity contribution in [2.75, 3.05) is 26.4 Å². The van der Waals surface area contributed by atoms with E-state index in [2.05, 4.69) is 13.8 Å². The number of rotatable bonds is 11. The SMILES string of the molecule is CC(C)CCCOCCOCCC(=O)C(C)C. The van der Waals surface area contributed by atoms with Crippen LogP contribution in [-0.4, -0.2) is 32.2 Å². The predicted octanol–water partition coefficient (Wildman–Crippen LogP) is 3.07. The first-order valence-electron chi connectivity index (χ1n) is 6.72. The van der Waals surface area contributed by atoms with Gasteiger partial charge in [0.25, 0.3) is 0 Å². The third kappa shape index (κ3) is 11.8. The van der Waals surface area contributed by atoms with Crippen LogP contribution in [0, 0.1) is 11.8 Å². The molecular formula is C14H28O3. The molecule has 0 heterocycles. The van der Waals surface area contributed by atoms with Gasteiger partial charge in [-0.15, -0.1) is 0 Å². The second kappa shape index (κ2) is 10.7. The van der Waals surface area contributed by atoms with Crippen molar-refractivity contribution in [1.82, 2.24) is 0 Å². The van der Waals surface area contributed by atoms with Gasteiger partial charge in [0.05, 0.1) is 19.8 Å². The summed E-state index contributed by atoms with van der Waals surface area (Å²) < 4.78 is 10.8. The summed E-state index contributed by atoms with van der Waals surface area (Å²) in [5.74, 6) is 1.13. The highest BCUT2D eigenvalue weighted by Gasteiger charge is 2.05. The second-order valence-corrected chi connectivity index (χ2v) is 5.13. The summed E-state index contributed by atoms with van der Waals surface area (Å²) in [4.78, 5) is 11.3. The van der Waals surface area contributed by atoms with Gasteiger partial charge in [-0.25, -0.2) is 0 Å². The molecule has 0 amide bonds. The van der Waals surface area contributed by atoms with Crippen LogP contribution in [0.25, 0.3) is 0 Å². The zero-order valence-electron chi connectivity index (χ0n) is 11.8. The minimum Gasteiger partial charge on any atom is -0.379 e. The molecule has 0 N–H and O–H groups in total. The molecule has 0 fully saturated rings. The van der Waals surface area contributed by atoms with Gasteiger partial charge < -0.3 is 9.47 Å². The van der Waals surface area contributed by atoms with E-state index in [1.807, 2.05) is 13.8 Å². The third-order valence-corrected chi connectivity index (χ3v) is 2.58. The van der Waals surface area contributed by atoms with Crippen LogP contribution < -0.4 is 0 Å². The Morgan fingerprint density at radius 3 is 2.06 bits per heavy atom. The molecule has 0 aliphatic heterocycles. The van der Waals surface area contributed by atoms with E-state index in [1.54, 1.807) is 0 Å². The van der Waals surface area contributed by atoms with Crippen molar-refractivity contribution in [3.63, 3.8) is 0 Å². The average molecular weight is 244 g/mol. The van der Waals surface area contributed by atoms with E-state index in [0.29, 0.717) is 26.2 Å². The van der Waals surface area contributed by atoms with Crippen LogP contribution in [0.15, 0.2) is 0 Å². The zero-order valence-corrected chi connectivity index (χ0v) is 11.8. The maximum absolute atomic E-state index is 11.3. The Morgan fingerprint density at radius 2 is 1.53 bits per heavy atom. The highest BCUT2D eigenvalue weighted by Crippen LogP contribution is 2.03. The van der Waals surface area contributed by atoms with Gasteiger partial charge in [-0.05, 0) is 18.8 Å². The molecule has 0 unspecified atom stereocenters. The van der Waals surface area contributed by atoms with Crippen LogP contribution in [0.4, 0.5) is 0 Å². The van der Waals surface area contributed by atoms with Crippen LogP contribution in [-0.2, 0) is 14.3 Å². The summed E-state index contributed by atoms with van der Waals surface area (Å²) in [5.41, 5.74) is 0. The van der Waals surface area contributed by atoms with Crippen LogP contribution in [0.5, 0.6) is 0 Å². The fourth-order valence-corrected chi connectivity index (χ4v) is 1.38. The number of carbonyl (C=O) groups is 1. The van der Waals surface area contributed by atoms with Crippen molar-refractivity contribution in [3.05, 3.63) is 0 Å². The summed E-state index contributed by atoms with van der Waals surface area (Å²) in [6.45, 7) is 10.8. The van der Waals surface area contributed by atoms with E-state index < -0.39 is 0 Å². The van der Waals surface area contributed by atoms with Gasteiger partial charge in [0.15, 0.2) is 0 Å². The molecule has 0 saturated carbocycles. The minimum absolute atomic E-state index is 0.117. The van der Waals surface area contributed by atoms with Crippen molar-refractivity contribution < 1.29 is 14.3 Å². The lowest BCUT2D eigenvalue weighted by atomic mass is 10.1. The average Bonchev–Trinajstić information content (AvgIpc) is 2.25. The first kappa shape index (κ1) is 16.6. The summed E-state index contributed by atoms with van der Waals surface area (Å²) in [6.07, 6.45) is 2.85. The van der Waals surface area contributed by atoms with Gasteiger partial charge in [-0.1, -0.05) is 27.7 Å². The summed E-state index contributed by atoms with van der Waals surface area (Å²) in [7, 11) is 0. The number of hydrogen-bond acceptors (Lipinski definition) is 3. The van der Waals surface area contributed by atoms with Gasteiger partial charge in [0, 0.05) is 18.9 Å². The second-order valence-electron chi connectivity index (χ2n) is 5.13. The van der Waals surface area contributed by atoms with Crippen LogP contribution in [0.2, 0.25) is 0 Å². The Bertz CT molecular complexity index is 188. The Hall–Kier alpha value is -0.410. The number of ether oxygens (including phenoxy) is 2. The van der Waals surface area contributed by atoms with Gasteiger partial charge in [-0.3, -0.25) is 4.79 Å². The number of Topliss-reactive ketones (excluding diaryl/α,β-unsaturated/α-hetero) is 1. The Morgan fingerprint density at radius 1 is 0.941 bits per heavy atom. The number of ketones is 1. The summed E-state index contributed by atoms with van der Waals surface area (Å²) in [6, 6.07) is 0. The maximum Gasteiger partial charge on any atom is 0.137 e. The quantitative estimate of drug-likeness (QED) is 0.524. The van der Waals surface area contributed by atoms with E-state index in [9.17, 15) is 4.79 Å². The molecule has 17 heavy (non-hydrogen) atoms. The molecule has 0 aromatic rings. The van der Waals surface area contributed by atoms with E-state index in [1.165, 1.54) is 6.42 Å². The van der Waals surface area contributed by atoms with Gasteiger partial charge in [0.2, 0.25) is 0 Å². The topological polar surface area (TPSA) is 35.5 Å². The molecule has 102 valence electrons. The molecule has 0 aliphatic carbocycles. The molecule has 0 aromatic carbocycles. The van der Waals surface area contributed by atoms with Crippen molar-refractivity contribution in [2.24, 2.45) is 11.8 Å². The minimum atomic E-state index is 0.117. The van der Waals surface area contributed by atoms with E-state index >= 15 is 0 Å². The maximum atomic E-state index is 11.3. The fraction of sp³-hybridized carbons (Fsp3) is 0.929. The largest absolute Gasteiger partial charge is 0.379 e. The standard InChI is InChI=1S/C14H28O3/c1-12(2)6-5-8-16-10-11-17-9-7-14(15)13(3)4/h12-13H,5-11H2,1-4H3. The molecule has 0 saturated heterocycles. The molecule has 3 heteroatoms. The number of carbonyl (C=O) groups excluding carboxylic acids is 1. The van der Waals surface area contributed by atoms with Crippen LogP contribution in [0.3, 0.4) is 0 Å². The van der Waals surface area contributed by atoms with E-state index in [0.717, 1.165) is 18.9 Å². The van der Waals surface area contributed by atoms with Crippen molar-refractivity contribution in [3.8, 4) is 0 Å². The lowest BCUT2D eigenvalue weighted by molar-refractivity contribution is -0.123. The Labute approximate surface area is 106 Å². The zero-order chi connectivity index (χ0) is 13.1. The summed E-state index contributed by atoms with van der Waals surface area (Å²) in [5, 5.41) is 0. The van der Waals surface area contributed by atoms with E-state index in [4.69, 9.17) is 9.47 Å². The molecule has 0 spiro atoms. The molecule has 0 rings (SSSR count). The van der Waals surface area contributed by atoms with Crippen molar-refractivity contribution in [2.45, 2.75) is 47.0 Å². The molecule has 0 atom stereocenters. The molecule has 0 aliphatic rings. The monoisotopic (exact) mass is 244 g/mol. The molecule has 0 radical (unpaired) electrons. The summed E-state index contributed by atoms with van der Waals surface area (Å²) >= 11 is 0. The molecule has 3 nitrogen and oxygen atoms in total. The Balaban J connectivity index is 3.11.